The summed E-state index contributed by atoms with van der Waals surface area (Å²) < 4.78 is 12.9. The number of benzene rings is 2. The zero-order valence-electron chi connectivity index (χ0n) is 20.1. The van der Waals surface area contributed by atoms with Crippen LogP contribution in [0.15, 0.2) is 54.9 Å². The first-order chi connectivity index (χ1) is 17.2. The summed E-state index contributed by atoms with van der Waals surface area (Å²) in [5.74, 6) is 0.498. The highest BCUT2D eigenvalue weighted by atomic mass is 35.5. The molecule has 1 saturated heterocycles. The number of halogens is 1. The van der Waals surface area contributed by atoms with Crippen LogP contribution in [-0.4, -0.2) is 47.8 Å². The lowest BCUT2D eigenvalue weighted by Crippen LogP contribution is -2.43. The van der Waals surface area contributed by atoms with Gasteiger partial charge in [-0.3, -0.25) is 10.1 Å². The van der Waals surface area contributed by atoms with Crippen molar-refractivity contribution in [1.82, 2.24) is 15.3 Å². The molecular weight excluding hydrogens is 497 g/mol. The highest BCUT2D eigenvalue weighted by molar-refractivity contribution is 7.70. The van der Waals surface area contributed by atoms with E-state index in [2.05, 4.69) is 26.7 Å². The van der Waals surface area contributed by atoms with Crippen LogP contribution in [0.25, 0.3) is 11.1 Å². The van der Waals surface area contributed by atoms with E-state index in [1.165, 1.54) is 12.4 Å². The van der Waals surface area contributed by atoms with Gasteiger partial charge in [-0.15, -0.1) is 0 Å². The van der Waals surface area contributed by atoms with Crippen molar-refractivity contribution in [1.29, 1.82) is 0 Å². The summed E-state index contributed by atoms with van der Waals surface area (Å²) in [5, 5.41) is 6.40. The Labute approximate surface area is 214 Å². The van der Waals surface area contributed by atoms with E-state index in [1.807, 2.05) is 36.4 Å². The Morgan fingerprint density at radius 3 is 2.56 bits per heavy atom. The van der Waals surface area contributed by atoms with Crippen LogP contribution >= 0.6 is 18.7 Å². The van der Waals surface area contributed by atoms with E-state index in [1.54, 1.807) is 18.2 Å². The predicted octanol–water partition coefficient (Wildman–Crippen LogP) is 4.85. The molecular formula is C26H27ClN5O3P. The number of anilines is 2. The Balaban J connectivity index is 1.36. The van der Waals surface area contributed by atoms with Crippen LogP contribution in [0.3, 0.4) is 0 Å². The summed E-state index contributed by atoms with van der Waals surface area (Å²) in [7, 11) is -2.46. The van der Waals surface area contributed by atoms with Gasteiger partial charge in [0.15, 0.2) is 5.82 Å². The molecule has 186 valence electrons. The van der Waals surface area contributed by atoms with Crippen LogP contribution in [0.5, 0.6) is 0 Å². The Hall–Kier alpha value is -3.22. The maximum atomic E-state index is 13.3. The van der Waals surface area contributed by atoms with Crippen LogP contribution in [0, 0.1) is 0 Å². The van der Waals surface area contributed by atoms with E-state index in [-0.39, 0.29) is 16.9 Å². The van der Waals surface area contributed by atoms with Gasteiger partial charge in [-0.1, -0.05) is 41.9 Å². The van der Waals surface area contributed by atoms with Crippen LogP contribution in [-0.2, 0) is 9.36 Å². The maximum absolute atomic E-state index is 13.3. The number of aromatic nitrogens is 2. The summed E-state index contributed by atoms with van der Waals surface area (Å²) >= 11 is 5.73. The molecule has 2 aliphatic rings. The summed E-state index contributed by atoms with van der Waals surface area (Å²) in [5.41, 5.74) is 3.98. The minimum atomic E-state index is -2.46. The third-order valence-corrected chi connectivity index (χ3v) is 8.25. The molecule has 36 heavy (non-hydrogen) atoms. The van der Waals surface area contributed by atoms with E-state index in [0.717, 1.165) is 40.5 Å². The second kappa shape index (κ2) is 9.68. The second-order valence-electron chi connectivity index (χ2n) is 9.57. The third-order valence-electron chi connectivity index (χ3n) is 6.50. The minimum absolute atomic E-state index is 0.144. The normalized spacial score (nSPS) is 17.8. The highest BCUT2D eigenvalue weighted by Crippen LogP contribution is 2.47. The van der Waals surface area contributed by atoms with Crippen molar-refractivity contribution in [3.8, 4) is 11.1 Å². The second-order valence-corrected chi connectivity index (χ2v) is 13.1. The molecule has 0 bridgehead atoms. The molecule has 8 nitrogen and oxygen atoms in total. The summed E-state index contributed by atoms with van der Waals surface area (Å²) in [6.07, 6.45) is 5.34. The van der Waals surface area contributed by atoms with Crippen LogP contribution < -0.4 is 20.8 Å². The first-order valence-corrected chi connectivity index (χ1v) is 14.8. The number of carbonyl (C=O) groups excluding carboxylic acids is 2. The van der Waals surface area contributed by atoms with Crippen molar-refractivity contribution in [2.24, 2.45) is 0 Å². The fourth-order valence-electron chi connectivity index (χ4n) is 4.62. The van der Waals surface area contributed by atoms with Gasteiger partial charge in [-0.25, -0.2) is 14.8 Å². The van der Waals surface area contributed by atoms with E-state index < -0.39 is 19.2 Å². The molecule has 10 heteroatoms. The van der Waals surface area contributed by atoms with Gasteiger partial charge >= 0.3 is 6.03 Å². The Kier molecular flexibility index (Phi) is 6.58. The molecule has 3 amide bonds. The zero-order chi connectivity index (χ0) is 25.4. The fourth-order valence-corrected chi connectivity index (χ4v) is 5.94. The van der Waals surface area contributed by atoms with Crippen molar-refractivity contribution >= 4 is 47.5 Å². The Morgan fingerprint density at radius 2 is 1.86 bits per heavy atom. The quantitative estimate of drug-likeness (QED) is 0.449. The zero-order valence-corrected chi connectivity index (χ0v) is 21.7. The average Bonchev–Trinajstić information content (AvgIpc) is 3.64. The number of urea groups is 1. The first-order valence-electron chi connectivity index (χ1n) is 11.9. The summed E-state index contributed by atoms with van der Waals surface area (Å²) in [6.45, 7) is 4.08. The van der Waals surface area contributed by atoms with Gasteiger partial charge in [0.05, 0.1) is 12.4 Å². The molecule has 3 aromatic rings. The van der Waals surface area contributed by atoms with Gasteiger partial charge in [0, 0.05) is 17.5 Å². The molecule has 5 rings (SSSR count). The lowest BCUT2D eigenvalue weighted by molar-refractivity contribution is -0.118. The van der Waals surface area contributed by atoms with E-state index >= 15 is 0 Å². The monoisotopic (exact) mass is 523 g/mol. The summed E-state index contributed by atoms with van der Waals surface area (Å²) in [4.78, 5) is 35.3. The van der Waals surface area contributed by atoms with Crippen molar-refractivity contribution in [3.05, 3.63) is 65.6 Å². The molecule has 1 aliphatic heterocycles. The van der Waals surface area contributed by atoms with Gasteiger partial charge in [-0.05, 0) is 67.3 Å². The molecule has 1 atom stereocenters. The number of nitrogens with zero attached hydrogens (tertiary/aromatic N) is 3. The number of hydrogen-bond acceptors (Lipinski definition) is 5. The molecule has 2 heterocycles. The number of carbonyl (C=O) groups is 2. The van der Waals surface area contributed by atoms with Gasteiger partial charge in [0.25, 0.3) is 0 Å². The van der Waals surface area contributed by atoms with Crippen molar-refractivity contribution < 1.29 is 14.2 Å². The summed E-state index contributed by atoms with van der Waals surface area (Å²) in [6, 6.07) is 12.8. The molecule has 1 saturated carbocycles. The number of amides is 3. The topological polar surface area (TPSA) is 104 Å². The smallest absolute Gasteiger partial charge is 0.321 e. The highest BCUT2D eigenvalue weighted by Gasteiger charge is 2.37. The van der Waals surface area contributed by atoms with E-state index in [9.17, 15) is 14.2 Å². The molecule has 0 radical (unpaired) electrons. The first kappa shape index (κ1) is 24.5. The van der Waals surface area contributed by atoms with Crippen molar-refractivity contribution in [3.63, 3.8) is 0 Å². The molecule has 2 fully saturated rings. The lowest BCUT2D eigenvalue weighted by atomic mass is 9.98. The molecule has 2 aromatic carbocycles. The van der Waals surface area contributed by atoms with E-state index in [4.69, 9.17) is 11.6 Å². The van der Waals surface area contributed by atoms with Crippen LogP contribution in [0.2, 0.25) is 5.15 Å². The molecule has 1 aromatic heterocycles. The standard InChI is InChI=1S/C26H27ClN5O3P/c1-36(2,35)22-6-4-3-5-18(22)17-9-10-21(19(13-17)16-7-8-16)32-12-11-20(25(32)33)30-26(34)31-24-15-28-23(27)14-29-24/h3-6,9-10,13-16,20H,7-8,11-12H2,1-2H3,(H2,29,30,31,34). The average molecular weight is 524 g/mol. The predicted molar refractivity (Wildman–Crippen MR) is 143 cm³/mol. The maximum Gasteiger partial charge on any atom is 0.321 e. The largest absolute Gasteiger partial charge is 0.326 e. The van der Waals surface area contributed by atoms with Gasteiger partial charge < -0.3 is 14.8 Å². The lowest BCUT2D eigenvalue weighted by Gasteiger charge is -2.22. The van der Waals surface area contributed by atoms with E-state index in [0.29, 0.717) is 18.9 Å². The number of hydrogen-bond donors (Lipinski definition) is 2. The number of nitrogens with one attached hydrogen (secondary N) is 2. The molecule has 1 aliphatic carbocycles. The minimum Gasteiger partial charge on any atom is -0.326 e. The van der Waals surface area contributed by atoms with Crippen molar-refractivity contribution in [2.75, 3.05) is 30.1 Å². The van der Waals surface area contributed by atoms with Gasteiger partial charge in [-0.2, -0.15) is 0 Å². The third kappa shape index (κ3) is 5.15. The van der Waals surface area contributed by atoms with Crippen molar-refractivity contribution in [2.45, 2.75) is 31.2 Å². The Morgan fingerprint density at radius 1 is 1.08 bits per heavy atom. The number of rotatable bonds is 6. The SMILES string of the molecule is CP(C)(=O)c1ccccc1-c1ccc(N2CCC(NC(=O)Nc3cnc(Cl)cn3)C2=O)c(C2CC2)c1. The molecule has 1 unspecified atom stereocenters. The molecule has 0 spiro atoms. The van der Waals surface area contributed by atoms with Gasteiger partial charge in [0.1, 0.15) is 18.3 Å². The van der Waals surface area contributed by atoms with Crippen LogP contribution in [0.1, 0.15) is 30.7 Å². The Bertz CT molecular complexity index is 1370. The molecule has 2 N–H and O–H groups in total. The fraction of sp³-hybridized carbons (Fsp3) is 0.308. The van der Waals surface area contributed by atoms with Gasteiger partial charge in [0.2, 0.25) is 5.91 Å². The van der Waals surface area contributed by atoms with Crippen LogP contribution in [0.4, 0.5) is 16.3 Å².